The van der Waals surface area contributed by atoms with Gasteiger partial charge in [-0.1, -0.05) is 11.6 Å². The molecule has 17 heavy (non-hydrogen) atoms. The Morgan fingerprint density at radius 2 is 2.24 bits per heavy atom. The van der Waals surface area contributed by atoms with Gasteiger partial charge in [0, 0.05) is 16.6 Å². The third-order valence-corrected chi connectivity index (χ3v) is 4.52. The zero-order chi connectivity index (χ0) is 12.4. The van der Waals surface area contributed by atoms with Crippen molar-refractivity contribution < 1.29 is 4.79 Å². The van der Waals surface area contributed by atoms with E-state index in [0.29, 0.717) is 23.0 Å². The van der Waals surface area contributed by atoms with E-state index in [9.17, 15) is 4.79 Å². The molecule has 0 aromatic heterocycles. The van der Waals surface area contributed by atoms with Crippen LogP contribution >= 0.6 is 39.1 Å². The maximum atomic E-state index is 11.8. The first-order valence-electron chi connectivity index (χ1n) is 5.45. The Hall–Kier alpha value is -0.250. The van der Waals surface area contributed by atoms with Crippen LogP contribution in [0.2, 0.25) is 5.02 Å². The van der Waals surface area contributed by atoms with Crippen molar-refractivity contribution in [3.05, 3.63) is 33.3 Å². The molecule has 1 aromatic rings. The van der Waals surface area contributed by atoms with E-state index in [-0.39, 0.29) is 11.3 Å². The number of halogens is 3. The standard InChI is InChI=1S/C12H12BrCl2NO/c13-9-4-3-8(5-10(9)14)12(17)16-6-11(15)7-1-2-7/h3-5,7,11H,1-2,6H2,(H,16,17). The molecule has 2 nitrogen and oxygen atoms in total. The molecular weight excluding hydrogens is 325 g/mol. The second kappa shape index (κ2) is 5.59. The molecule has 1 N–H and O–H groups in total. The van der Waals surface area contributed by atoms with Gasteiger partial charge in [-0.15, -0.1) is 11.6 Å². The average molecular weight is 337 g/mol. The zero-order valence-electron chi connectivity index (χ0n) is 9.05. The van der Waals surface area contributed by atoms with Crippen molar-refractivity contribution in [3.63, 3.8) is 0 Å². The van der Waals surface area contributed by atoms with E-state index in [4.69, 9.17) is 23.2 Å². The van der Waals surface area contributed by atoms with Gasteiger partial charge in [0.15, 0.2) is 0 Å². The Morgan fingerprint density at radius 1 is 1.53 bits per heavy atom. The molecule has 1 amide bonds. The molecule has 0 aliphatic heterocycles. The summed E-state index contributed by atoms with van der Waals surface area (Å²) in [5.74, 6) is 0.441. The van der Waals surface area contributed by atoms with E-state index in [1.807, 2.05) is 0 Å². The predicted molar refractivity (Wildman–Crippen MR) is 73.9 cm³/mol. The number of amides is 1. The van der Waals surface area contributed by atoms with Crippen molar-refractivity contribution >= 4 is 45.0 Å². The van der Waals surface area contributed by atoms with Gasteiger partial charge in [-0.2, -0.15) is 0 Å². The number of carbonyl (C=O) groups excluding carboxylic acids is 1. The van der Waals surface area contributed by atoms with Crippen LogP contribution in [0.15, 0.2) is 22.7 Å². The molecule has 0 bridgehead atoms. The number of benzene rings is 1. The van der Waals surface area contributed by atoms with E-state index < -0.39 is 0 Å². The van der Waals surface area contributed by atoms with E-state index >= 15 is 0 Å². The summed E-state index contributed by atoms with van der Waals surface area (Å²) < 4.78 is 0.781. The number of hydrogen-bond donors (Lipinski definition) is 1. The summed E-state index contributed by atoms with van der Waals surface area (Å²) in [6.45, 7) is 0.513. The number of carbonyl (C=O) groups is 1. The fourth-order valence-electron chi connectivity index (χ4n) is 1.55. The third-order valence-electron chi connectivity index (χ3n) is 2.77. The van der Waals surface area contributed by atoms with Crippen LogP contribution in [-0.2, 0) is 0 Å². The minimum absolute atomic E-state index is 0.0462. The van der Waals surface area contributed by atoms with Gasteiger partial charge in [-0.3, -0.25) is 4.79 Å². The van der Waals surface area contributed by atoms with Crippen LogP contribution in [-0.4, -0.2) is 17.8 Å². The molecule has 0 spiro atoms. The molecule has 1 saturated carbocycles. The number of hydrogen-bond acceptors (Lipinski definition) is 1. The van der Waals surface area contributed by atoms with Crippen molar-refractivity contribution in [2.45, 2.75) is 18.2 Å². The van der Waals surface area contributed by atoms with E-state index in [1.165, 1.54) is 12.8 Å². The van der Waals surface area contributed by atoms with Crippen LogP contribution in [0.1, 0.15) is 23.2 Å². The van der Waals surface area contributed by atoms with Crippen molar-refractivity contribution in [1.29, 1.82) is 0 Å². The lowest BCUT2D eigenvalue weighted by Gasteiger charge is -2.10. The molecule has 0 heterocycles. The van der Waals surface area contributed by atoms with Gasteiger partial charge in [0.2, 0.25) is 0 Å². The third kappa shape index (κ3) is 3.60. The van der Waals surface area contributed by atoms with Gasteiger partial charge in [0.05, 0.1) is 10.4 Å². The second-order valence-electron chi connectivity index (χ2n) is 4.19. The Kier molecular flexibility index (Phi) is 4.34. The highest BCUT2D eigenvalue weighted by Gasteiger charge is 2.29. The van der Waals surface area contributed by atoms with E-state index in [2.05, 4.69) is 21.2 Å². The lowest BCUT2D eigenvalue weighted by molar-refractivity contribution is 0.0953. The smallest absolute Gasteiger partial charge is 0.251 e. The fraction of sp³-hybridized carbons (Fsp3) is 0.417. The van der Waals surface area contributed by atoms with Crippen molar-refractivity contribution in [2.75, 3.05) is 6.54 Å². The minimum atomic E-state index is -0.134. The first kappa shape index (κ1) is 13.2. The molecule has 5 heteroatoms. The molecular formula is C12H12BrCl2NO. The molecule has 0 radical (unpaired) electrons. The summed E-state index contributed by atoms with van der Waals surface area (Å²) in [6, 6.07) is 5.13. The molecule has 0 saturated heterocycles. The normalized spacial score (nSPS) is 16.6. The van der Waals surface area contributed by atoms with Crippen LogP contribution in [0.5, 0.6) is 0 Å². The highest BCUT2D eigenvalue weighted by Crippen LogP contribution is 2.35. The van der Waals surface area contributed by atoms with Crippen LogP contribution in [0.4, 0.5) is 0 Å². The lowest BCUT2D eigenvalue weighted by atomic mass is 10.2. The number of alkyl halides is 1. The van der Waals surface area contributed by atoms with E-state index in [1.54, 1.807) is 18.2 Å². The summed E-state index contributed by atoms with van der Waals surface area (Å²) in [5, 5.41) is 3.40. The van der Waals surface area contributed by atoms with Crippen molar-refractivity contribution in [1.82, 2.24) is 5.32 Å². The van der Waals surface area contributed by atoms with Crippen molar-refractivity contribution in [2.24, 2.45) is 5.92 Å². The largest absolute Gasteiger partial charge is 0.351 e. The van der Waals surface area contributed by atoms with Crippen LogP contribution in [0.25, 0.3) is 0 Å². The van der Waals surface area contributed by atoms with Gasteiger partial charge >= 0.3 is 0 Å². The van der Waals surface area contributed by atoms with Gasteiger partial charge in [-0.05, 0) is 52.9 Å². The van der Waals surface area contributed by atoms with Crippen LogP contribution in [0, 0.1) is 5.92 Å². The molecule has 1 aromatic carbocycles. The summed E-state index contributed by atoms with van der Waals surface area (Å²) >= 11 is 15.3. The summed E-state index contributed by atoms with van der Waals surface area (Å²) in [5.41, 5.74) is 0.554. The maximum Gasteiger partial charge on any atom is 0.251 e. The highest BCUT2D eigenvalue weighted by atomic mass is 79.9. The molecule has 1 fully saturated rings. The number of nitrogens with one attached hydrogen (secondary N) is 1. The number of rotatable bonds is 4. The van der Waals surface area contributed by atoms with Gasteiger partial charge in [-0.25, -0.2) is 0 Å². The lowest BCUT2D eigenvalue weighted by Crippen LogP contribution is -2.30. The molecule has 1 atom stereocenters. The zero-order valence-corrected chi connectivity index (χ0v) is 12.1. The second-order valence-corrected chi connectivity index (χ2v) is 6.01. The maximum absolute atomic E-state index is 11.8. The Morgan fingerprint density at radius 3 is 2.82 bits per heavy atom. The Bertz CT molecular complexity index is 435. The summed E-state index contributed by atoms with van der Waals surface area (Å²) in [6.07, 6.45) is 2.35. The van der Waals surface area contributed by atoms with Gasteiger partial charge < -0.3 is 5.32 Å². The molecule has 92 valence electrons. The van der Waals surface area contributed by atoms with E-state index in [0.717, 1.165) is 4.47 Å². The van der Waals surface area contributed by atoms with Crippen molar-refractivity contribution in [3.8, 4) is 0 Å². The SMILES string of the molecule is O=C(NCC(Cl)C1CC1)c1ccc(Br)c(Cl)c1. The summed E-state index contributed by atoms with van der Waals surface area (Å²) in [4.78, 5) is 11.8. The topological polar surface area (TPSA) is 29.1 Å². The predicted octanol–water partition coefficient (Wildman–Crippen LogP) is 3.85. The Balaban J connectivity index is 1.92. The van der Waals surface area contributed by atoms with Crippen LogP contribution < -0.4 is 5.32 Å². The molecule has 1 aliphatic rings. The quantitative estimate of drug-likeness (QED) is 0.831. The van der Waals surface area contributed by atoms with Crippen LogP contribution in [0.3, 0.4) is 0 Å². The molecule has 1 unspecified atom stereocenters. The van der Waals surface area contributed by atoms with Gasteiger partial charge in [0.25, 0.3) is 5.91 Å². The Labute approximate surface area is 119 Å². The first-order valence-corrected chi connectivity index (χ1v) is 7.06. The molecule has 1 aliphatic carbocycles. The summed E-state index contributed by atoms with van der Waals surface area (Å²) in [7, 11) is 0. The fourth-order valence-corrected chi connectivity index (χ4v) is 2.31. The first-order chi connectivity index (χ1) is 8.08. The monoisotopic (exact) mass is 335 g/mol. The average Bonchev–Trinajstić information content (AvgIpc) is 3.13. The highest BCUT2D eigenvalue weighted by molar-refractivity contribution is 9.10. The molecule has 2 rings (SSSR count). The minimum Gasteiger partial charge on any atom is -0.351 e. The van der Waals surface area contributed by atoms with Gasteiger partial charge in [0.1, 0.15) is 0 Å².